The van der Waals surface area contributed by atoms with Crippen LogP contribution < -0.4 is 15.8 Å². The Morgan fingerprint density at radius 3 is 2.91 bits per heavy atom. The average Bonchev–Trinajstić information content (AvgIpc) is 3.18. The summed E-state index contributed by atoms with van der Waals surface area (Å²) in [6.45, 7) is 1.99. The summed E-state index contributed by atoms with van der Waals surface area (Å²) >= 11 is 6.50. The van der Waals surface area contributed by atoms with Gasteiger partial charge in [0.2, 0.25) is 5.95 Å². The molecular formula is C24H22ClFN4O3. The average molecular weight is 469 g/mol. The molecule has 1 aromatic heterocycles. The Hall–Kier alpha value is -3.41. The van der Waals surface area contributed by atoms with E-state index in [2.05, 4.69) is 21.2 Å². The van der Waals surface area contributed by atoms with Crippen LogP contribution in [0.3, 0.4) is 0 Å². The minimum Gasteiger partial charge on any atom is -0.491 e. The van der Waals surface area contributed by atoms with Gasteiger partial charge in [-0.3, -0.25) is 0 Å². The summed E-state index contributed by atoms with van der Waals surface area (Å²) in [4.78, 5) is 19.7. The number of halogens is 2. The zero-order valence-corrected chi connectivity index (χ0v) is 18.6. The number of carbonyl (C=O) groups is 1. The molecule has 1 aliphatic rings. The monoisotopic (exact) mass is 468 g/mol. The number of anilines is 1. The minimum absolute atomic E-state index is 0.0142. The summed E-state index contributed by atoms with van der Waals surface area (Å²) in [5.41, 5.74) is 7.50. The van der Waals surface area contributed by atoms with Crippen LogP contribution in [0, 0.1) is 17.7 Å². The van der Waals surface area contributed by atoms with E-state index in [0.717, 1.165) is 25.3 Å². The third kappa shape index (κ3) is 4.85. The maximum Gasteiger partial charge on any atom is 0.382 e. The van der Waals surface area contributed by atoms with E-state index in [-0.39, 0.29) is 40.6 Å². The molecule has 170 valence electrons. The molecule has 33 heavy (non-hydrogen) atoms. The molecule has 2 aromatic carbocycles. The molecule has 3 aromatic rings. The third-order valence-corrected chi connectivity index (χ3v) is 5.88. The molecule has 0 unspecified atom stereocenters. The lowest BCUT2D eigenvalue weighted by Gasteiger charge is -2.17. The van der Waals surface area contributed by atoms with Crippen LogP contribution in [0.4, 0.5) is 10.3 Å². The number of rotatable bonds is 5. The summed E-state index contributed by atoms with van der Waals surface area (Å²) in [5.74, 6) is 3.01. The zero-order chi connectivity index (χ0) is 23.5. The van der Waals surface area contributed by atoms with E-state index in [9.17, 15) is 4.79 Å². The molecule has 0 aliphatic heterocycles. The van der Waals surface area contributed by atoms with Crippen molar-refractivity contribution < 1.29 is 19.0 Å². The highest BCUT2D eigenvalue weighted by Gasteiger charge is 2.24. The van der Waals surface area contributed by atoms with Crippen LogP contribution in [0.5, 0.6) is 5.75 Å². The zero-order valence-electron chi connectivity index (χ0n) is 17.9. The molecule has 1 heterocycles. The van der Waals surface area contributed by atoms with Gasteiger partial charge in [-0.2, -0.15) is 0 Å². The highest BCUT2D eigenvalue weighted by atomic mass is 35.5. The molecule has 1 saturated carbocycles. The van der Waals surface area contributed by atoms with Crippen LogP contribution in [0.25, 0.3) is 22.0 Å². The predicted molar refractivity (Wildman–Crippen MR) is 125 cm³/mol. The number of hydrogen-bond acceptors (Lipinski definition) is 6. The minimum atomic E-state index is -1.34. The van der Waals surface area contributed by atoms with Gasteiger partial charge in [0.05, 0.1) is 22.7 Å². The molecule has 4 rings (SSSR count). The first-order valence-corrected chi connectivity index (χ1v) is 10.9. The van der Waals surface area contributed by atoms with Crippen LogP contribution in [0.15, 0.2) is 30.5 Å². The maximum absolute atomic E-state index is 15.1. The van der Waals surface area contributed by atoms with Gasteiger partial charge in [0.15, 0.2) is 5.75 Å². The number of aromatic nitrogens is 2. The van der Waals surface area contributed by atoms with Crippen molar-refractivity contribution in [2.75, 3.05) is 11.9 Å². The first-order valence-electron chi connectivity index (χ1n) is 10.6. The van der Waals surface area contributed by atoms with Crippen molar-refractivity contribution in [3.05, 3.63) is 46.9 Å². The van der Waals surface area contributed by atoms with Crippen molar-refractivity contribution in [2.45, 2.75) is 38.3 Å². The van der Waals surface area contributed by atoms with Gasteiger partial charge in [-0.15, -0.1) is 0 Å². The fourth-order valence-corrected chi connectivity index (χ4v) is 4.31. The molecular weight excluding hydrogens is 447 g/mol. The van der Waals surface area contributed by atoms with Gasteiger partial charge in [-0.05, 0) is 49.9 Å². The van der Waals surface area contributed by atoms with Gasteiger partial charge in [-0.1, -0.05) is 23.6 Å². The number of benzene rings is 2. The number of ether oxygens (including phenoxy) is 1. The van der Waals surface area contributed by atoms with Gasteiger partial charge >= 0.3 is 5.97 Å². The highest BCUT2D eigenvalue weighted by Crippen LogP contribution is 2.40. The molecule has 2 atom stereocenters. The van der Waals surface area contributed by atoms with Crippen molar-refractivity contribution in [1.29, 1.82) is 0 Å². The van der Waals surface area contributed by atoms with Crippen molar-refractivity contribution in [1.82, 2.24) is 9.97 Å². The smallest absolute Gasteiger partial charge is 0.382 e. The normalized spacial score (nSPS) is 17.5. The lowest BCUT2D eigenvalue weighted by molar-refractivity contribution is -0.130. The van der Waals surface area contributed by atoms with E-state index in [1.165, 1.54) is 0 Å². The number of aliphatic carboxylic acids is 1. The van der Waals surface area contributed by atoms with Crippen molar-refractivity contribution >= 4 is 34.4 Å². The second kappa shape index (κ2) is 9.61. The number of nitrogens with one attached hydrogen (secondary N) is 1. The first kappa shape index (κ1) is 22.8. The quantitative estimate of drug-likeness (QED) is 0.481. The summed E-state index contributed by atoms with van der Waals surface area (Å²) < 4.78 is 20.6. The molecule has 9 heteroatoms. The molecule has 7 nitrogen and oxygen atoms in total. The summed E-state index contributed by atoms with van der Waals surface area (Å²) in [5, 5.41) is 12.8. The van der Waals surface area contributed by atoms with Crippen molar-refractivity contribution in [2.24, 2.45) is 5.73 Å². The van der Waals surface area contributed by atoms with E-state index in [1.54, 1.807) is 31.3 Å². The van der Waals surface area contributed by atoms with Crippen molar-refractivity contribution in [3.63, 3.8) is 0 Å². The molecule has 0 spiro atoms. The predicted octanol–water partition coefficient (Wildman–Crippen LogP) is 4.22. The topological polar surface area (TPSA) is 110 Å². The van der Waals surface area contributed by atoms with Crippen LogP contribution in [0.1, 0.15) is 31.7 Å². The molecule has 1 aliphatic carbocycles. The van der Waals surface area contributed by atoms with Gasteiger partial charge < -0.3 is 20.9 Å². The summed E-state index contributed by atoms with van der Waals surface area (Å²) in [7, 11) is 0. The summed E-state index contributed by atoms with van der Waals surface area (Å²) in [6, 6.07) is 6.57. The van der Waals surface area contributed by atoms with Gasteiger partial charge in [0.1, 0.15) is 5.82 Å². The maximum atomic E-state index is 15.1. The number of hydrogen-bond donors (Lipinski definition) is 3. The lowest BCUT2D eigenvalue weighted by Crippen LogP contribution is -2.35. The van der Waals surface area contributed by atoms with Gasteiger partial charge in [0.25, 0.3) is 0 Å². The standard InChI is InChI=1S/C24H22ClFN4O3/c1-2-33-23-14(7-9-20(31)32)11-16(26)21(22(23)25)13-6-8-18-15(10-13)12-28-24(29-18)30-19-5-3-4-17(19)27/h6,8,10-12,17,19H,2-5,27H2,1H3,(H,31,32)(H,28,29,30)/t17-,19+/m0/s1. The first-order chi connectivity index (χ1) is 15.9. The highest BCUT2D eigenvalue weighted by molar-refractivity contribution is 6.35. The number of fused-ring (bicyclic) bond motifs is 1. The second-order valence-corrected chi connectivity index (χ2v) is 8.10. The second-order valence-electron chi connectivity index (χ2n) is 7.73. The Kier molecular flexibility index (Phi) is 6.63. The summed E-state index contributed by atoms with van der Waals surface area (Å²) in [6.07, 6.45) is 4.70. The lowest BCUT2D eigenvalue weighted by atomic mass is 10.0. The number of nitrogens with zero attached hydrogens (tertiary/aromatic N) is 2. The molecule has 0 radical (unpaired) electrons. The third-order valence-electron chi connectivity index (χ3n) is 5.52. The Labute approximate surface area is 195 Å². The van der Waals surface area contributed by atoms with E-state index >= 15 is 4.39 Å². The van der Waals surface area contributed by atoms with E-state index in [0.29, 0.717) is 22.4 Å². The Morgan fingerprint density at radius 2 is 2.21 bits per heavy atom. The SMILES string of the molecule is CCOc1c(C#CC(=O)O)cc(F)c(-c2ccc3nc(N[C@@H]4CCC[C@@H]4N)ncc3c2)c1Cl. The largest absolute Gasteiger partial charge is 0.491 e. The van der Waals surface area contributed by atoms with Crippen LogP contribution >= 0.6 is 11.6 Å². The molecule has 1 fully saturated rings. The van der Waals surface area contributed by atoms with Crippen LogP contribution in [-0.4, -0.2) is 39.7 Å². The van der Waals surface area contributed by atoms with E-state index in [1.807, 2.05) is 5.92 Å². The van der Waals surface area contributed by atoms with Gasteiger partial charge in [0, 0.05) is 35.2 Å². The fraction of sp³-hybridized carbons (Fsp3) is 0.292. The van der Waals surface area contributed by atoms with Crippen molar-refractivity contribution in [3.8, 4) is 28.7 Å². The fourth-order valence-electron chi connectivity index (χ4n) is 3.96. The Balaban J connectivity index is 1.72. The number of carboxylic acids is 1. The van der Waals surface area contributed by atoms with E-state index in [4.69, 9.17) is 27.2 Å². The molecule has 0 bridgehead atoms. The molecule has 4 N–H and O–H groups in total. The van der Waals surface area contributed by atoms with Gasteiger partial charge in [-0.25, -0.2) is 19.2 Å². The number of carboxylic acid groups (broad SMARTS) is 1. The Bertz CT molecular complexity index is 1290. The number of nitrogens with two attached hydrogens (primary N) is 1. The van der Waals surface area contributed by atoms with Crippen LogP contribution in [0.2, 0.25) is 5.02 Å². The van der Waals surface area contributed by atoms with E-state index < -0.39 is 11.8 Å². The Morgan fingerprint density at radius 1 is 1.39 bits per heavy atom. The molecule has 0 amide bonds. The van der Waals surface area contributed by atoms with Crippen LogP contribution in [-0.2, 0) is 4.79 Å². The molecule has 0 saturated heterocycles.